The first-order chi connectivity index (χ1) is 6.84. The van der Waals surface area contributed by atoms with Crippen LogP contribution in [0.25, 0.3) is 0 Å². The Morgan fingerprint density at radius 2 is 1.80 bits per heavy atom. The summed E-state index contributed by atoms with van der Waals surface area (Å²) in [5.41, 5.74) is -2.47. The van der Waals surface area contributed by atoms with Crippen LogP contribution in [0.4, 0.5) is 0 Å². The van der Waals surface area contributed by atoms with Crippen molar-refractivity contribution in [2.24, 2.45) is 0 Å². The van der Waals surface area contributed by atoms with Gasteiger partial charge in [0.2, 0.25) is 5.69 Å². The van der Waals surface area contributed by atoms with E-state index in [1.165, 1.54) is 28.1 Å². The molecule has 88 valence electrons. The first-order valence-corrected chi connectivity index (χ1v) is 8.36. The summed E-state index contributed by atoms with van der Waals surface area (Å²) in [6.07, 6.45) is 0.172. The molecule has 0 aromatic heterocycles. The van der Waals surface area contributed by atoms with E-state index in [-0.39, 0.29) is 18.0 Å². The second kappa shape index (κ2) is 6.76. The Kier molecular flexibility index (Phi) is 6.88. The minimum Gasteiger partial charge on any atom is -0.325 e. The van der Waals surface area contributed by atoms with Gasteiger partial charge in [0.1, 0.15) is 11.6 Å². The average molecular weight is 270 g/mol. The lowest BCUT2D eigenvalue weighted by Crippen LogP contribution is -2.17. The van der Waals surface area contributed by atoms with E-state index in [0.29, 0.717) is 0 Å². The molecule has 0 saturated heterocycles. The van der Waals surface area contributed by atoms with Crippen molar-refractivity contribution in [3.8, 4) is 0 Å². The lowest BCUT2D eigenvalue weighted by atomic mass is 10.2. The van der Waals surface area contributed by atoms with Gasteiger partial charge in [0, 0.05) is 20.6 Å². The molecule has 0 rings (SSSR count). The van der Waals surface area contributed by atoms with Gasteiger partial charge in [0.05, 0.1) is 5.25 Å². The van der Waals surface area contributed by atoms with Crippen LogP contribution in [0.2, 0.25) is 0 Å². The van der Waals surface area contributed by atoms with Gasteiger partial charge in [0.25, 0.3) is 0 Å². The molecular weight excluding hydrogens is 255 g/mol. The van der Waals surface area contributed by atoms with E-state index >= 15 is 0 Å². The van der Waals surface area contributed by atoms with Crippen LogP contribution in [0, 0.1) is 0 Å². The standard InChI is InChI=1S/C8H15O4PS2/c1-6(9)5-8(7(2)10)15-13(14,11-3)12-4/h8H,5H2,1-4H3. The van der Waals surface area contributed by atoms with Crippen molar-refractivity contribution >= 4 is 40.4 Å². The van der Waals surface area contributed by atoms with Gasteiger partial charge in [-0.1, -0.05) is 11.4 Å². The van der Waals surface area contributed by atoms with E-state index in [1.54, 1.807) is 0 Å². The SMILES string of the molecule is COP(=S)(OC)SC(CC(C)=O)C(C)=O. The number of rotatable bonds is 7. The number of hydrogen-bond acceptors (Lipinski definition) is 6. The summed E-state index contributed by atoms with van der Waals surface area (Å²) in [7, 11) is 2.89. The highest BCUT2D eigenvalue weighted by atomic mass is 32.9. The molecule has 0 aliphatic heterocycles. The quantitative estimate of drug-likeness (QED) is 0.661. The molecule has 0 saturated carbocycles. The van der Waals surface area contributed by atoms with E-state index in [1.807, 2.05) is 0 Å². The first kappa shape index (κ1) is 15.3. The van der Waals surface area contributed by atoms with Crippen LogP contribution in [0.5, 0.6) is 0 Å². The molecule has 0 spiro atoms. The zero-order valence-electron chi connectivity index (χ0n) is 9.18. The Morgan fingerprint density at radius 1 is 1.33 bits per heavy atom. The van der Waals surface area contributed by atoms with Crippen molar-refractivity contribution in [3.63, 3.8) is 0 Å². The number of Topliss-reactive ketones (excluding diaryl/α,β-unsaturated/α-hetero) is 2. The molecule has 1 atom stereocenters. The maximum atomic E-state index is 11.3. The molecule has 7 heteroatoms. The van der Waals surface area contributed by atoms with E-state index in [4.69, 9.17) is 20.9 Å². The molecule has 0 aliphatic carbocycles. The summed E-state index contributed by atoms with van der Waals surface area (Å²) in [6.45, 7) is 2.88. The van der Waals surface area contributed by atoms with Crippen LogP contribution in [0.3, 0.4) is 0 Å². The summed E-state index contributed by atoms with van der Waals surface area (Å²) in [4.78, 5) is 22.2. The van der Waals surface area contributed by atoms with E-state index in [9.17, 15) is 9.59 Å². The third-order valence-corrected chi connectivity index (χ3v) is 7.64. The van der Waals surface area contributed by atoms with Gasteiger partial charge in [-0.15, -0.1) is 0 Å². The Hall–Kier alpha value is 0.260. The Morgan fingerprint density at radius 3 is 2.07 bits per heavy atom. The van der Waals surface area contributed by atoms with Crippen LogP contribution in [-0.4, -0.2) is 31.0 Å². The number of ketones is 2. The maximum absolute atomic E-state index is 11.3. The molecule has 0 N–H and O–H groups in total. The Bertz CT molecular complexity index is 284. The van der Waals surface area contributed by atoms with Crippen molar-refractivity contribution in [2.45, 2.75) is 25.5 Å². The van der Waals surface area contributed by atoms with Crippen molar-refractivity contribution in [1.82, 2.24) is 0 Å². The van der Waals surface area contributed by atoms with Crippen LogP contribution in [-0.2, 0) is 30.4 Å². The minimum atomic E-state index is -2.47. The zero-order valence-corrected chi connectivity index (χ0v) is 11.7. The Labute approximate surface area is 99.0 Å². The molecule has 0 fully saturated rings. The fourth-order valence-corrected chi connectivity index (χ4v) is 4.98. The largest absolute Gasteiger partial charge is 0.325 e. The first-order valence-electron chi connectivity index (χ1n) is 4.24. The molecule has 4 nitrogen and oxygen atoms in total. The van der Waals surface area contributed by atoms with Crippen LogP contribution < -0.4 is 0 Å². The molecule has 0 aromatic rings. The van der Waals surface area contributed by atoms with Gasteiger partial charge in [-0.25, -0.2) is 0 Å². The third-order valence-electron chi connectivity index (χ3n) is 1.63. The number of carbonyl (C=O) groups excluding carboxylic acids is 2. The zero-order chi connectivity index (χ0) is 12.1. The summed E-state index contributed by atoms with van der Waals surface area (Å²) in [5.74, 6) is -0.130. The van der Waals surface area contributed by atoms with Crippen molar-refractivity contribution < 1.29 is 18.6 Å². The fourth-order valence-electron chi connectivity index (χ4n) is 0.833. The summed E-state index contributed by atoms with van der Waals surface area (Å²) in [5, 5.41) is -0.465. The monoisotopic (exact) mass is 270 g/mol. The second-order valence-corrected chi connectivity index (χ2v) is 9.54. The molecule has 0 amide bonds. The highest BCUT2D eigenvalue weighted by Crippen LogP contribution is 2.62. The van der Waals surface area contributed by atoms with Gasteiger partial charge >= 0.3 is 0 Å². The third kappa shape index (κ3) is 5.78. The predicted octanol–water partition coefficient (Wildman–Crippen LogP) is 2.17. The number of hydrogen-bond donors (Lipinski definition) is 0. The van der Waals surface area contributed by atoms with Crippen molar-refractivity contribution in [1.29, 1.82) is 0 Å². The topological polar surface area (TPSA) is 52.6 Å². The lowest BCUT2D eigenvalue weighted by Gasteiger charge is -2.21. The molecule has 0 heterocycles. The molecule has 0 aliphatic rings. The van der Waals surface area contributed by atoms with Crippen LogP contribution in [0.1, 0.15) is 20.3 Å². The molecule has 0 aromatic carbocycles. The predicted molar refractivity (Wildman–Crippen MR) is 65.7 cm³/mol. The van der Waals surface area contributed by atoms with Crippen LogP contribution >= 0.6 is 17.1 Å². The highest BCUT2D eigenvalue weighted by Gasteiger charge is 2.27. The normalized spacial score (nSPS) is 13.6. The molecule has 0 bridgehead atoms. The van der Waals surface area contributed by atoms with Gasteiger partial charge in [-0.2, -0.15) is 0 Å². The number of carbonyl (C=O) groups is 2. The second-order valence-electron chi connectivity index (χ2n) is 2.92. The van der Waals surface area contributed by atoms with E-state index in [2.05, 4.69) is 0 Å². The van der Waals surface area contributed by atoms with Gasteiger partial charge in [-0.05, 0) is 25.7 Å². The molecule has 0 radical (unpaired) electrons. The Balaban J connectivity index is 4.60. The summed E-state index contributed by atoms with van der Waals surface area (Å²) < 4.78 is 10.1. The van der Waals surface area contributed by atoms with Gasteiger partial charge in [0.15, 0.2) is 0 Å². The smallest absolute Gasteiger partial charge is 0.247 e. The average Bonchev–Trinajstić information content (AvgIpc) is 2.16. The van der Waals surface area contributed by atoms with Crippen molar-refractivity contribution in [2.75, 3.05) is 14.2 Å². The van der Waals surface area contributed by atoms with E-state index in [0.717, 1.165) is 11.4 Å². The summed E-state index contributed by atoms with van der Waals surface area (Å²) in [6, 6.07) is 0. The van der Waals surface area contributed by atoms with Crippen LogP contribution in [0.15, 0.2) is 0 Å². The van der Waals surface area contributed by atoms with Gasteiger partial charge in [-0.3, -0.25) is 9.59 Å². The maximum Gasteiger partial charge on any atom is 0.247 e. The van der Waals surface area contributed by atoms with Gasteiger partial charge < -0.3 is 9.05 Å². The molecular formula is C8H15O4PS2. The molecule has 15 heavy (non-hydrogen) atoms. The minimum absolute atomic E-state index is 0.0449. The lowest BCUT2D eigenvalue weighted by molar-refractivity contribution is -0.121. The highest BCUT2D eigenvalue weighted by molar-refractivity contribution is 8.68. The molecule has 1 unspecified atom stereocenters. The van der Waals surface area contributed by atoms with E-state index < -0.39 is 10.9 Å². The summed E-state index contributed by atoms with van der Waals surface area (Å²) >= 11 is 6.26. The van der Waals surface area contributed by atoms with Crippen molar-refractivity contribution in [3.05, 3.63) is 0 Å². The fraction of sp³-hybridized carbons (Fsp3) is 0.750.